The SMILES string of the molecule is CCOCCC(=O)CCCS(=O)(=O)c1ccc(C(=O)N2CCOc3ccc(-c4ccc(N)nc4)cc3C2)c(C)c1F. The molecule has 0 atom stereocenters. The molecule has 1 amide bonds. The third-order valence-corrected chi connectivity index (χ3v) is 8.77. The largest absolute Gasteiger partial charge is 0.491 e. The Balaban J connectivity index is 1.48. The number of rotatable bonds is 11. The topological polar surface area (TPSA) is 129 Å². The lowest BCUT2D eigenvalue weighted by molar-refractivity contribution is -0.120. The van der Waals surface area contributed by atoms with Crippen LogP contribution in [-0.2, 0) is 25.9 Å². The van der Waals surface area contributed by atoms with Crippen molar-refractivity contribution in [3.8, 4) is 16.9 Å². The summed E-state index contributed by atoms with van der Waals surface area (Å²) in [6, 6.07) is 11.7. The number of fused-ring (bicyclic) bond motifs is 1. The lowest BCUT2D eigenvalue weighted by Gasteiger charge is -2.22. The number of hydrogen-bond acceptors (Lipinski definition) is 8. The molecule has 0 aliphatic carbocycles. The highest BCUT2D eigenvalue weighted by atomic mass is 32.2. The molecule has 4 rings (SSSR count). The standard InChI is InChI=1S/C30H34FN3O6S/c1-3-39-14-12-24(35)5-4-16-41(37,38)27-10-8-25(20(2)29(27)31)30(36)34-13-15-40-26-9-6-21(17-23(26)19-34)22-7-11-28(32)33-18-22/h6-11,17-18H,3-5,12-16,19H2,1-2H3,(H2,32,33). The van der Waals surface area contributed by atoms with E-state index in [1.807, 2.05) is 31.2 Å². The molecular formula is C30H34FN3O6S. The summed E-state index contributed by atoms with van der Waals surface area (Å²) in [4.78, 5) is 30.7. The molecule has 0 radical (unpaired) electrons. The number of carbonyl (C=O) groups excluding carboxylic acids is 2. The number of benzene rings is 2. The molecule has 2 heterocycles. The predicted octanol–water partition coefficient (Wildman–Crippen LogP) is 4.36. The number of nitrogens with two attached hydrogens (primary N) is 1. The van der Waals surface area contributed by atoms with E-state index in [4.69, 9.17) is 15.2 Å². The third-order valence-electron chi connectivity index (χ3n) is 6.96. The highest BCUT2D eigenvalue weighted by Gasteiger charge is 2.27. The molecule has 218 valence electrons. The van der Waals surface area contributed by atoms with Crippen LogP contribution in [0.2, 0.25) is 0 Å². The summed E-state index contributed by atoms with van der Waals surface area (Å²) >= 11 is 0. The molecule has 0 bridgehead atoms. The van der Waals surface area contributed by atoms with Crippen molar-refractivity contribution in [2.45, 2.75) is 44.6 Å². The fourth-order valence-corrected chi connectivity index (χ4v) is 6.10. The Morgan fingerprint density at radius 2 is 1.90 bits per heavy atom. The van der Waals surface area contributed by atoms with Gasteiger partial charge in [0.25, 0.3) is 5.91 Å². The van der Waals surface area contributed by atoms with Crippen LogP contribution in [0.5, 0.6) is 5.75 Å². The first-order chi connectivity index (χ1) is 19.6. The number of ketones is 1. The highest BCUT2D eigenvalue weighted by Crippen LogP contribution is 2.31. The second-order valence-corrected chi connectivity index (χ2v) is 11.9. The number of amides is 1. The number of nitrogen functional groups attached to an aromatic ring is 1. The minimum Gasteiger partial charge on any atom is -0.491 e. The number of halogens is 1. The minimum atomic E-state index is -4.00. The van der Waals surface area contributed by atoms with Crippen LogP contribution < -0.4 is 10.5 Å². The molecule has 0 saturated heterocycles. The molecule has 3 aromatic rings. The summed E-state index contributed by atoms with van der Waals surface area (Å²) in [6.45, 7) is 4.76. The Kier molecular flexibility index (Phi) is 9.72. The second-order valence-electron chi connectivity index (χ2n) is 9.83. The van der Waals surface area contributed by atoms with Crippen LogP contribution in [0.1, 0.15) is 47.7 Å². The number of ether oxygens (including phenoxy) is 2. The molecule has 2 aromatic carbocycles. The average Bonchev–Trinajstić information content (AvgIpc) is 3.16. The van der Waals surface area contributed by atoms with E-state index in [0.717, 1.165) is 22.8 Å². The molecule has 1 aliphatic rings. The first kappa shape index (κ1) is 30.1. The van der Waals surface area contributed by atoms with Gasteiger partial charge in [0.1, 0.15) is 34.7 Å². The van der Waals surface area contributed by atoms with Crippen LogP contribution in [0.25, 0.3) is 11.1 Å². The summed E-state index contributed by atoms with van der Waals surface area (Å²) in [5.74, 6) is -0.805. The van der Waals surface area contributed by atoms with Crippen LogP contribution in [-0.4, -0.2) is 62.1 Å². The molecule has 9 nitrogen and oxygen atoms in total. The monoisotopic (exact) mass is 583 g/mol. The Morgan fingerprint density at radius 3 is 2.63 bits per heavy atom. The van der Waals surface area contributed by atoms with Gasteiger partial charge in [0, 0.05) is 48.9 Å². The number of carbonyl (C=O) groups is 2. The zero-order chi connectivity index (χ0) is 29.6. The van der Waals surface area contributed by atoms with Gasteiger partial charge in [-0.05, 0) is 67.8 Å². The summed E-state index contributed by atoms with van der Waals surface area (Å²) in [5.41, 5.74) is 8.24. The van der Waals surface area contributed by atoms with Crippen LogP contribution in [0.4, 0.5) is 10.2 Å². The van der Waals surface area contributed by atoms with Gasteiger partial charge in [0.2, 0.25) is 0 Å². The number of Topliss-reactive ketones (excluding diaryl/α,β-unsaturated/α-hetero) is 1. The van der Waals surface area contributed by atoms with E-state index in [1.165, 1.54) is 13.0 Å². The van der Waals surface area contributed by atoms with Gasteiger partial charge in [0.15, 0.2) is 9.84 Å². The van der Waals surface area contributed by atoms with Gasteiger partial charge in [-0.3, -0.25) is 9.59 Å². The second kappa shape index (κ2) is 13.2. The van der Waals surface area contributed by atoms with E-state index in [9.17, 15) is 18.0 Å². The number of sulfone groups is 1. The van der Waals surface area contributed by atoms with E-state index in [1.54, 1.807) is 17.2 Å². The zero-order valence-electron chi connectivity index (χ0n) is 23.2. The molecule has 0 saturated carbocycles. The number of pyridine rings is 1. The maximum absolute atomic E-state index is 15.4. The van der Waals surface area contributed by atoms with Crippen molar-refractivity contribution < 1.29 is 31.9 Å². The summed E-state index contributed by atoms with van der Waals surface area (Å²) < 4.78 is 52.2. The van der Waals surface area contributed by atoms with Crippen molar-refractivity contribution in [3.05, 3.63) is 71.2 Å². The van der Waals surface area contributed by atoms with E-state index in [0.29, 0.717) is 24.8 Å². The summed E-state index contributed by atoms with van der Waals surface area (Å²) in [5, 5.41) is 0. The molecule has 1 aromatic heterocycles. The number of nitrogens with zero attached hydrogens (tertiary/aromatic N) is 2. The summed E-state index contributed by atoms with van der Waals surface area (Å²) in [6.07, 6.45) is 2.02. The Labute approximate surface area is 239 Å². The van der Waals surface area contributed by atoms with Gasteiger partial charge in [0.05, 0.1) is 18.9 Å². The van der Waals surface area contributed by atoms with E-state index in [-0.39, 0.29) is 61.6 Å². The third kappa shape index (κ3) is 7.28. The number of aromatic nitrogens is 1. The Morgan fingerprint density at radius 1 is 1.12 bits per heavy atom. The zero-order valence-corrected chi connectivity index (χ0v) is 24.0. The van der Waals surface area contributed by atoms with Crippen LogP contribution in [0.3, 0.4) is 0 Å². The number of hydrogen-bond donors (Lipinski definition) is 1. The van der Waals surface area contributed by atoms with Crippen molar-refractivity contribution in [2.75, 3.05) is 37.9 Å². The predicted molar refractivity (Wildman–Crippen MR) is 153 cm³/mol. The van der Waals surface area contributed by atoms with Crippen LogP contribution in [0.15, 0.2) is 53.6 Å². The Bertz CT molecular complexity index is 1530. The van der Waals surface area contributed by atoms with Gasteiger partial charge in [-0.1, -0.05) is 6.07 Å². The molecular weight excluding hydrogens is 549 g/mol. The van der Waals surface area contributed by atoms with Gasteiger partial charge < -0.3 is 20.1 Å². The molecule has 1 aliphatic heterocycles. The normalized spacial score (nSPS) is 13.3. The lowest BCUT2D eigenvalue weighted by atomic mass is 10.0. The number of anilines is 1. The average molecular weight is 584 g/mol. The van der Waals surface area contributed by atoms with Gasteiger partial charge in [-0.2, -0.15) is 0 Å². The van der Waals surface area contributed by atoms with Crippen LogP contribution in [0, 0.1) is 12.7 Å². The summed E-state index contributed by atoms with van der Waals surface area (Å²) in [7, 11) is -4.00. The fourth-order valence-electron chi connectivity index (χ4n) is 4.65. The molecule has 41 heavy (non-hydrogen) atoms. The maximum atomic E-state index is 15.4. The first-order valence-electron chi connectivity index (χ1n) is 13.5. The smallest absolute Gasteiger partial charge is 0.254 e. The van der Waals surface area contributed by atoms with Crippen LogP contribution >= 0.6 is 0 Å². The minimum absolute atomic E-state index is 0.0454. The molecule has 2 N–H and O–H groups in total. The van der Waals surface area contributed by atoms with Crippen molar-refractivity contribution in [2.24, 2.45) is 0 Å². The van der Waals surface area contributed by atoms with Gasteiger partial charge in [-0.25, -0.2) is 17.8 Å². The van der Waals surface area contributed by atoms with Gasteiger partial charge >= 0.3 is 0 Å². The molecule has 0 fully saturated rings. The van der Waals surface area contributed by atoms with Gasteiger partial charge in [-0.15, -0.1) is 0 Å². The van der Waals surface area contributed by atoms with E-state index in [2.05, 4.69) is 4.98 Å². The Hall–Kier alpha value is -3.83. The molecule has 11 heteroatoms. The van der Waals surface area contributed by atoms with Crippen molar-refractivity contribution in [3.63, 3.8) is 0 Å². The highest BCUT2D eigenvalue weighted by molar-refractivity contribution is 7.91. The van der Waals surface area contributed by atoms with Crippen molar-refractivity contribution >= 4 is 27.3 Å². The lowest BCUT2D eigenvalue weighted by Crippen LogP contribution is -2.33. The van der Waals surface area contributed by atoms with Crippen molar-refractivity contribution in [1.82, 2.24) is 9.88 Å². The fraction of sp³-hybridized carbons (Fsp3) is 0.367. The van der Waals surface area contributed by atoms with E-state index < -0.39 is 26.5 Å². The van der Waals surface area contributed by atoms with Crippen molar-refractivity contribution in [1.29, 1.82) is 0 Å². The first-order valence-corrected chi connectivity index (χ1v) is 15.1. The molecule has 0 unspecified atom stereocenters. The maximum Gasteiger partial charge on any atom is 0.254 e. The van der Waals surface area contributed by atoms with E-state index >= 15 is 4.39 Å². The molecule has 0 spiro atoms. The quantitative estimate of drug-likeness (QED) is 0.330.